The number of fused-ring (bicyclic) bond motifs is 1. The van der Waals surface area contributed by atoms with Gasteiger partial charge in [-0.1, -0.05) is 41.9 Å². The molecule has 0 atom stereocenters. The molecular formula is C16H15ClN4. The number of rotatable bonds is 4. The van der Waals surface area contributed by atoms with E-state index in [1.165, 1.54) is 5.56 Å². The molecule has 4 nitrogen and oxygen atoms in total. The number of aromatic nitrogens is 2. The lowest BCUT2D eigenvalue weighted by Gasteiger charge is -2.11. The van der Waals surface area contributed by atoms with Crippen molar-refractivity contribution in [3.63, 3.8) is 0 Å². The van der Waals surface area contributed by atoms with Crippen LogP contribution in [0.15, 0.2) is 48.5 Å². The molecule has 0 radical (unpaired) electrons. The fraction of sp³-hybridized carbons (Fsp3) is 0.125. The summed E-state index contributed by atoms with van der Waals surface area (Å²) in [5.74, 6) is 1.36. The van der Waals surface area contributed by atoms with Gasteiger partial charge in [0, 0.05) is 24.0 Å². The zero-order valence-electron chi connectivity index (χ0n) is 11.6. The minimum atomic E-state index is 0.584. The van der Waals surface area contributed by atoms with Gasteiger partial charge < -0.3 is 10.6 Å². The normalized spacial score (nSPS) is 10.6. The third kappa shape index (κ3) is 3.06. The van der Waals surface area contributed by atoms with Gasteiger partial charge in [0.1, 0.15) is 5.82 Å². The fourth-order valence-corrected chi connectivity index (χ4v) is 2.30. The van der Waals surface area contributed by atoms with E-state index in [0.717, 1.165) is 16.7 Å². The van der Waals surface area contributed by atoms with Gasteiger partial charge in [-0.05, 0) is 23.8 Å². The lowest BCUT2D eigenvalue weighted by Crippen LogP contribution is -2.05. The van der Waals surface area contributed by atoms with Crippen LogP contribution in [-0.4, -0.2) is 17.0 Å². The Morgan fingerprint density at radius 1 is 1.05 bits per heavy atom. The van der Waals surface area contributed by atoms with E-state index in [4.69, 9.17) is 11.6 Å². The van der Waals surface area contributed by atoms with Crippen LogP contribution in [0.1, 0.15) is 5.56 Å². The highest BCUT2D eigenvalue weighted by Gasteiger charge is 2.07. The van der Waals surface area contributed by atoms with E-state index in [2.05, 4.69) is 32.7 Å². The van der Waals surface area contributed by atoms with Gasteiger partial charge in [0.15, 0.2) is 0 Å². The molecule has 0 aliphatic carbocycles. The van der Waals surface area contributed by atoms with Crippen molar-refractivity contribution in [2.75, 3.05) is 17.7 Å². The molecule has 1 heterocycles. The van der Waals surface area contributed by atoms with Crippen LogP contribution < -0.4 is 10.6 Å². The van der Waals surface area contributed by atoms with Gasteiger partial charge in [0.2, 0.25) is 5.95 Å². The van der Waals surface area contributed by atoms with Crippen molar-refractivity contribution in [3.8, 4) is 0 Å². The summed E-state index contributed by atoms with van der Waals surface area (Å²) < 4.78 is 0. The Balaban J connectivity index is 1.97. The van der Waals surface area contributed by atoms with Crippen LogP contribution in [0.5, 0.6) is 0 Å². The second-order valence-corrected chi connectivity index (χ2v) is 5.08. The quantitative estimate of drug-likeness (QED) is 0.766. The van der Waals surface area contributed by atoms with Crippen LogP contribution in [0.4, 0.5) is 11.8 Å². The van der Waals surface area contributed by atoms with Crippen LogP contribution in [0, 0.1) is 0 Å². The topological polar surface area (TPSA) is 49.8 Å². The third-order valence-corrected chi connectivity index (χ3v) is 3.42. The molecule has 5 heteroatoms. The van der Waals surface area contributed by atoms with Gasteiger partial charge in [0.25, 0.3) is 0 Å². The Hall–Kier alpha value is -2.33. The highest BCUT2D eigenvalue weighted by Crippen LogP contribution is 2.25. The number of halogens is 1. The predicted octanol–water partition coefficient (Wildman–Crippen LogP) is 3.94. The van der Waals surface area contributed by atoms with Crippen molar-refractivity contribution in [2.45, 2.75) is 6.54 Å². The fourth-order valence-electron chi connectivity index (χ4n) is 2.13. The summed E-state index contributed by atoms with van der Waals surface area (Å²) in [7, 11) is 1.80. The zero-order valence-corrected chi connectivity index (χ0v) is 12.4. The summed E-state index contributed by atoms with van der Waals surface area (Å²) >= 11 is 6.08. The zero-order chi connectivity index (χ0) is 14.7. The highest BCUT2D eigenvalue weighted by molar-refractivity contribution is 6.31. The first kappa shape index (κ1) is 13.6. The molecule has 0 fully saturated rings. The number of nitrogens with zero attached hydrogens (tertiary/aromatic N) is 2. The first-order valence-corrected chi connectivity index (χ1v) is 7.07. The lowest BCUT2D eigenvalue weighted by atomic mass is 10.2. The molecule has 2 N–H and O–H groups in total. The molecule has 0 unspecified atom stereocenters. The van der Waals surface area contributed by atoms with Gasteiger partial charge in [-0.15, -0.1) is 0 Å². The maximum Gasteiger partial charge on any atom is 0.224 e. The van der Waals surface area contributed by atoms with Gasteiger partial charge >= 0.3 is 0 Å². The van der Waals surface area contributed by atoms with Crippen LogP contribution in [0.25, 0.3) is 10.9 Å². The summed E-state index contributed by atoms with van der Waals surface area (Å²) in [6.45, 7) is 0.697. The van der Waals surface area contributed by atoms with Crippen molar-refractivity contribution < 1.29 is 0 Å². The van der Waals surface area contributed by atoms with E-state index in [1.807, 2.05) is 36.4 Å². The molecule has 21 heavy (non-hydrogen) atoms. The maximum atomic E-state index is 6.08. The van der Waals surface area contributed by atoms with Gasteiger partial charge in [-0.2, -0.15) is 4.98 Å². The SMILES string of the molecule is CNc1nc(NCc2ccccc2)c2cc(Cl)ccc2n1. The summed E-state index contributed by atoms with van der Waals surface area (Å²) in [5, 5.41) is 7.92. The van der Waals surface area contributed by atoms with E-state index in [9.17, 15) is 0 Å². The number of benzene rings is 2. The van der Waals surface area contributed by atoms with Gasteiger partial charge in [0.05, 0.1) is 5.52 Å². The van der Waals surface area contributed by atoms with Crippen LogP contribution >= 0.6 is 11.6 Å². The van der Waals surface area contributed by atoms with Crippen molar-refractivity contribution >= 4 is 34.3 Å². The first-order valence-electron chi connectivity index (χ1n) is 6.69. The molecule has 3 aromatic rings. The van der Waals surface area contributed by atoms with Crippen molar-refractivity contribution in [1.82, 2.24) is 9.97 Å². The molecular weight excluding hydrogens is 284 g/mol. The summed E-state index contributed by atoms with van der Waals surface area (Å²) in [5.41, 5.74) is 2.05. The number of anilines is 2. The average Bonchev–Trinajstić information content (AvgIpc) is 2.53. The molecule has 0 aliphatic rings. The molecule has 0 amide bonds. The molecule has 1 aromatic heterocycles. The smallest absolute Gasteiger partial charge is 0.224 e. The van der Waals surface area contributed by atoms with Crippen molar-refractivity contribution in [1.29, 1.82) is 0 Å². The second kappa shape index (κ2) is 5.97. The Morgan fingerprint density at radius 3 is 2.62 bits per heavy atom. The number of hydrogen-bond acceptors (Lipinski definition) is 4. The van der Waals surface area contributed by atoms with E-state index < -0.39 is 0 Å². The van der Waals surface area contributed by atoms with E-state index in [-0.39, 0.29) is 0 Å². The molecule has 0 saturated heterocycles. The van der Waals surface area contributed by atoms with Crippen LogP contribution in [-0.2, 0) is 6.54 Å². The Kier molecular flexibility index (Phi) is 3.88. The average molecular weight is 299 g/mol. The molecule has 0 bridgehead atoms. The molecule has 2 aromatic carbocycles. The maximum absolute atomic E-state index is 6.08. The standard InChI is InChI=1S/C16H15ClN4/c1-18-16-20-14-8-7-12(17)9-13(14)15(21-16)19-10-11-5-3-2-4-6-11/h2-9H,10H2,1H3,(H2,18,19,20,21). The summed E-state index contributed by atoms with van der Waals surface area (Å²) in [4.78, 5) is 8.91. The van der Waals surface area contributed by atoms with Crippen molar-refractivity contribution in [3.05, 3.63) is 59.1 Å². The predicted molar refractivity (Wildman–Crippen MR) is 87.9 cm³/mol. The molecule has 0 spiro atoms. The largest absolute Gasteiger partial charge is 0.365 e. The van der Waals surface area contributed by atoms with E-state index in [0.29, 0.717) is 17.5 Å². The Morgan fingerprint density at radius 2 is 1.86 bits per heavy atom. The third-order valence-electron chi connectivity index (χ3n) is 3.18. The molecule has 0 aliphatic heterocycles. The molecule has 3 rings (SSSR count). The van der Waals surface area contributed by atoms with E-state index in [1.54, 1.807) is 7.05 Å². The lowest BCUT2D eigenvalue weighted by molar-refractivity contribution is 1.10. The first-order chi connectivity index (χ1) is 10.3. The summed E-state index contributed by atoms with van der Waals surface area (Å²) in [6, 6.07) is 15.8. The van der Waals surface area contributed by atoms with Crippen LogP contribution in [0.2, 0.25) is 5.02 Å². The summed E-state index contributed by atoms with van der Waals surface area (Å²) in [6.07, 6.45) is 0. The number of hydrogen-bond donors (Lipinski definition) is 2. The van der Waals surface area contributed by atoms with Gasteiger partial charge in [-0.3, -0.25) is 0 Å². The number of nitrogens with one attached hydrogen (secondary N) is 2. The minimum absolute atomic E-state index is 0.584. The van der Waals surface area contributed by atoms with E-state index >= 15 is 0 Å². The van der Waals surface area contributed by atoms with Crippen molar-refractivity contribution in [2.24, 2.45) is 0 Å². The van der Waals surface area contributed by atoms with Gasteiger partial charge in [-0.25, -0.2) is 4.98 Å². The highest BCUT2D eigenvalue weighted by atomic mass is 35.5. The Labute approximate surface area is 128 Å². The monoisotopic (exact) mass is 298 g/mol. The molecule has 106 valence electrons. The molecule has 0 saturated carbocycles. The minimum Gasteiger partial charge on any atom is -0.365 e. The second-order valence-electron chi connectivity index (χ2n) is 4.65. The Bertz CT molecular complexity index is 759. The van der Waals surface area contributed by atoms with Crippen LogP contribution in [0.3, 0.4) is 0 Å².